The molecule has 8 aromatic rings. The molecule has 9 rings (SSSR count). The van der Waals surface area contributed by atoms with Crippen molar-refractivity contribution < 1.29 is 4.74 Å². The van der Waals surface area contributed by atoms with Crippen molar-refractivity contribution >= 4 is 21.8 Å². The van der Waals surface area contributed by atoms with Crippen molar-refractivity contribution in [2.45, 2.75) is 18.9 Å². The second-order valence-electron chi connectivity index (χ2n) is 12.8. The van der Waals surface area contributed by atoms with E-state index < -0.39 is 6.17 Å². The lowest BCUT2D eigenvalue weighted by atomic mass is 9.93. The van der Waals surface area contributed by atoms with Crippen LogP contribution in [0.15, 0.2) is 170 Å². The van der Waals surface area contributed by atoms with Gasteiger partial charge in [-0.3, -0.25) is 10.6 Å². The second kappa shape index (κ2) is 12.8. The first-order valence-electron chi connectivity index (χ1n) is 17.1. The molecular formula is C45H36N4O. The molecule has 0 amide bonds. The van der Waals surface area contributed by atoms with E-state index in [1.165, 1.54) is 16.3 Å². The third kappa shape index (κ3) is 5.34. The molecule has 242 valence electrons. The van der Waals surface area contributed by atoms with Crippen LogP contribution >= 0.6 is 0 Å². The number of nitrogens with two attached hydrogens (primary N) is 1. The van der Waals surface area contributed by atoms with E-state index in [4.69, 9.17) is 10.5 Å². The molecule has 0 aliphatic carbocycles. The van der Waals surface area contributed by atoms with Crippen molar-refractivity contribution in [3.8, 4) is 39.4 Å². The van der Waals surface area contributed by atoms with Crippen LogP contribution in [0.4, 0.5) is 0 Å². The minimum absolute atomic E-state index is 0.136. The van der Waals surface area contributed by atoms with Crippen molar-refractivity contribution in [1.82, 2.24) is 15.2 Å². The Hall–Kier alpha value is -5.98. The summed E-state index contributed by atoms with van der Waals surface area (Å²) in [5, 5.41) is 9.69. The molecule has 2 atom stereocenters. The smallest absolute Gasteiger partial charge is 0.137 e. The number of para-hydroxylation sites is 2. The van der Waals surface area contributed by atoms with Crippen LogP contribution in [0.1, 0.15) is 29.0 Å². The topological polar surface area (TPSA) is 64.2 Å². The summed E-state index contributed by atoms with van der Waals surface area (Å²) in [5.74, 6) is 1.70. The summed E-state index contributed by atoms with van der Waals surface area (Å²) in [4.78, 5) is 0. The number of ether oxygens (including phenoxy) is 1. The van der Waals surface area contributed by atoms with E-state index in [1.54, 1.807) is 0 Å². The molecule has 1 aliphatic rings. The van der Waals surface area contributed by atoms with E-state index in [9.17, 15) is 0 Å². The summed E-state index contributed by atoms with van der Waals surface area (Å²) >= 11 is 0. The standard InChI is InChI=1S/C45H36N4O/c46-44(48-45(32-15-5-2-6-16-32)47-29-30-13-3-1-4-14-30)31-23-25-33(26-24-31)49-39-21-11-9-18-35(39)38-27-28-41-42(43(38)49)37-20-8-7-17-34(37)36-19-10-12-22-40(36)50-41/h1-28,44-45,47-48H,29,46H2. The van der Waals surface area contributed by atoms with Gasteiger partial charge in [-0.2, -0.15) is 0 Å². The average Bonchev–Trinajstić information content (AvgIpc) is 3.43. The Morgan fingerprint density at radius 3 is 2.00 bits per heavy atom. The fourth-order valence-corrected chi connectivity index (χ4v) is 7.33. The summed E-state index contributed by atoms with van der Waals surface area (Å²) in [6.07, 6.45) is -0.534. The summed E-state index contributed by atoms with van der Waals surface area (Å²) in [6, 6.07) is 59.3. The molecule has 2 unspecified atom stereocenters. The maximum absolute atomic E-state index is 6.88. The molecule has 50 heavy (non-hydrogen) atoms. The lowest BCUT2D eigenvalue weighted by Gasteiger charge is -2.25. The van der Waals surface area contributed by atoms with Crippen molar-refractivity contribution in [3.05, 3.63) is 187 Å². The Labute approximate surface area is 291 Å². The molecule has 2 heterocycles. The fraction of sp³-hybridized carbons (Fsp3) is 0.0667. The summed E-state index contributed by atoms with van der Waals surface area (Å²) < 4.78 is 9.08. The van der Waals surface area contributed by atoms with Gasteiger partial charge in [0.2, 0.25) is 0 Å². The maximum atomic E-state index is 6.88. The normalized spacial score (nSPS) is 13.1. The molecule has 0 radical (unpaired) electrons. The molecule has 0 saturated carbocycles. The quantitative estimate of drug-likeness (QED) is 0.144. The molecule has 5 heteroatoms. The van der Waals surface area contributed by atoms with Gasteiger partial charge in [-0.25, -0.2) is 0 Å². The highest BCUT2D eigenvalue weighted by atomic mass is 16.5. The van der Waals surface area contributed by atoms with Gasteiger partial charge in [0.05, 0.1) is 23.4 Å². The van der Waals surface area contributed by atoms with Crippen molar-refractivity contribution in [3.63, 3.8) is 0 Å². The van der Waals surface area contributed by atoms with Gasteiger partial charge < -0.3 is 15.0 Å². The number of rotatable bonds is 8. The van der Waals surface area contributed by atoms with Gasteiger partial charge in [0, 0.05) is 34.1 Å². The zero-order valence-electron chi connectivity index (χ0n) is 27.5. The van der Waals surface area contributed by atoms with Crippen LogP contribution < -0.4 is 21.1 Å². The van der Waals surface area contributed by atoms with Gasteiger partial charge in [-0.1, -0.05) is 133 Å². The van der Waals surface area contributed by atoms with Gasteiger partial charge in [0.25, 0.3) is 0 Å². The number of hydrogen-bond acceptors (Lipinski definition) is 4. The Morgan fingerprint density at radius 2 is 1.20 bits per heavy atom. The SMILES string of the molecule is NC(NC(NCc1ccccc1)c1ccccc1)c1ccc(-n2c3ccccc3c3ccc4c(c32)-c2ccccc2-c2ccccc2O4)cc1. The summed E-state index contributed by atoms with van der Waals surface area (Å²) in [6.45, 7) is 0.717. The minimum Gasteiger partial charge on any atom is -0.456 e. The molecule has 1 aliphatic heterocycles. The molecule has 5 nitrogen and oxygen atoms in total. The highest BCUT2D eigenvalue weighted by Crippen LogP contribution is 2.51. The number of benzene rings is 7. The molecule has 0 spiro atoms. The predicted octanol–water partition coefficient (Wildman–Crippen LogP) is 10.3. The van der Waals surface area contributed by atoms with E-state index >= 15 is 0 Å². The molecule has 0 bridgehead atoms. The Morgan fingerprint density at radius 1 is 0.540 bits per heavy atom. The maximum Gasteiger partial charge on any atom is 0.137 e. The van der Waals surface area contributed by atoms with Gasteiger partial charge in [-0.05, 0) is 64.2 Å². The van der Waals surface area contributed by atoms with Crippen LogP contribution in [0.25, 0.3) is 49.7 Å². The fourth-order valence-electron chi connectivity index (χ4n) is 7.33. The second-order valence-corrected chi connectivity index (χ2v) is 12.8. The number of nitrogens with one attached hydrogen (secondary N) is 2. The monoisotopic (exact) mass is 648 g/mol. The Kier molecular flexibility index (Phi) is 7.71. The van der Waals surface area contributed by atoms with E-state index in [-0.39, 0.29) is 6.17 Å². The van der Waals surface area contributed by atoms with Gasteiger partial charge in [0.15, 0.2) is 0 Å². The Bertz CT molecular complexity index is 2450. The van der Waals surface area contributed by atoms with E-state index in [2.05, 4.69) is 167 Å². The molecule has 0 fully saturated rings. The number of nitrogens with zero attached hydrogens (tertiary/aromatic N) is 1. The zero-order chi connectivity index (χ0) is 33.4. The zero-order valence-corrected chi connectivity index (χ0v) is 27.5. The lowest BCUT2D eigenvalue weighted by molar-refractivity contribution is 0.386. The van der Waals surface area contributed by atoms with Crippen LogP contribution in [-0.4, -0.2) is 4.57 Å². The third-order valence-corrected chi connectivity index (χ3v) is 9.73. The molecular weight excluding hydrogens is 613 g/mol. The van der Waals surface area contributed by atoms with Crippen LogP contribution in [0.3, 0.4) is 0 Å². The highest BCUT2D eigenvalue weighted by molar-refractivity contribution is 6.16. The third-order valence-electron chi connectivity index (χ3n) is 9.73. The van der Waals surface area contributed by atoms with Crippen LogP contribution in [0.5, 0.6) is 11.5 Å². The first kappa shape index (κ1) is 30.1. The predicted molar refractivity (Wildman–Crippen MR) is 204 cm³/mol. The van der Waals surface area contributed by atoms with Crippen LogP contribution in [0.2, 0.25) is 0 Å². The molecule has 4 N–H and O–H groups in total. The van der Waals surface area contributed by atoms with Crippen LogP contribution in [-0.2, 0) is 6.54 Å². The van der Waals surface area contributed by atoms with Crippen molar-refractivity contribution in [2.75, 3.05) is 0 Å². The van der Waals surface area contributed by atoms with Crippen LogP contribution in [0, 0.1) is 0 Å². The molecule has 1 aromatic heterocycles. The van der Waals surface area contributed by atoms with Gasteiger partial charge in [-0.15, -0.1) is 0 Å². The molecule has 0 saturated heterocycles. The Balaban J connectivity index is 1.12. The van der Waals surface area contributed by atoms with E-state index in [1.807, 2.05) is 18.2 Å². The first-order chi connectivity index (χ1) is 24.7. The van der Waals surface area contributed by atoms with Crippen molar-refractivity contribution in [2.24, 2.45) is 5.73 Å². The van der Waals surface area contributed by atoms with E-state index in [0.717, 1.165) is 68.1 Å². The van der Waals surface area contributed by atoms with Crippen molar-refractivity contribution in [1.29, 1.82) is 0 Å². The highest BCUT2D eigenvalue weighted by Gasteiger charge is 2.26. The number of fused-ring (bicyclic) bond motifs is 9. The lowest BCUT2D eigenvalue weighted by Crippen LogP contribution is -2.39. The van der Waals surface area contributed by atoms with Gasteiger partial charge in [0.1, 0.15) is 11.5 Å². The van der Waals surface area contributed by atoms with Gasteiger partial charge >= 0.3 is 0 Å². The average molecular weight is 649 g/mol. The summed E-state index contributed by atoms with van der Waals surface area (Å²) in [5.41, 5.74) is 18.0. The summed E-state index contributed by atoms with van der Waals surface area (Å²) in [7, 11) is 0. The minimum atomic E-state index is -0.397. The number of aromatic nitrogens is 1. The largest absolute Gasteiger partial charge is 0.456 e. The van der Waals surface area contributed by atoms with E-state index in [0.29, 0.717) is 0 Å². The number of hydrogen-bond donors (Lipinski definition) is 3. The first-order valence-corrected chi connectivity index (χ1v) is 17.1. The molecule has 7 aromatic carbocycles.